The zero-order valence-corrected chi connectivity index (χ0v) is 17.3. The highest BCUT2D eigenvalue weighted by Crippen LogP contribution is 2.31. The van der Waals surface area contributed by atoms with Gasteiger partial charge in [-0.2, -0.15) is 5.10 Å². The van der Waals surface area contributed by atoms with Crippen LogP contribution in [0.3, 0.4) is 0 Å². The predicted molar refractivity (Wildman–Crippen MR) is 112 cm³/mol. The molecule has 0 aliphatic carbocycles. The second kappa shape index (κ2) is 8.24. The fourth-order valence-electron chi connectivity index (χ4n) is 3.16. The van der Waals surface area contributed by atoms with E-state index in [1.54, 1.807) is 25.1 Å². The first kappa shape index (κ1) is 19.4. The minimum atomic E-state index is -0.291. The fourth-order valence-corrected chi connectivity index (χ4v) is 3.16. The minimum absolute atomic E-state index is 0.291. The Balaban J connectivity index is 1.69. The highest BCUT2D eigenvalue weighted by molar-refractivity contribution is 5.47. The summed E-state index contributed by atoms with van der Waals surface area (Å²) in [5.74, 6) is 3.46. The van der Waals surface area contributed by atoms with E-state index in [-0.39, 0.29) is 6.04 Å². The van der Waals surface area contributed by atoms with Crippen LogP contribution in [-0.2, 0) is 7.05 Å². The number of hydrogen-bond acceptors (Lipinski definition) is 7. The van der Waals surface area contributed by atoms with Gasteiger partial charge < -0.3 is 19.4 Å². The summed E-state index contributed by atoms with van der Waals surface area (Å²) in [6, 6.07) is 11.1. The highest BCUT2D eigenvalue weighted by Gasteiger charge is 2.21. The first-order chi connectivity index (χ1) is 14.6. The number of rotatable bonds is 7. The topological polar surface area (TPSA) is 91.9 Å². The van der Waals surface area contributed by atoms with Crippen molar-refractivity contribution in [2.45, 2.75) is 13.0 Å². The van der Waals surface area contributed by atoms with E-state index >= 15 is 0 Å². The van der Waals surface area contributed by atoms with Gasteiger partial charge >= 0.3 is 0 Å². The van der Waals surface area contributed by atoms with Crippen molar-refractivity contribution in [2.24, 2.45) is 7.05 Å². The lowest BCUT2D eigenvalue weighted by molar-refractivity contribution is 0.393. The van der Waals surface area contributed by atoms with Crippen LogP contribution in [0.2, 0.25) is 0 Å². The number of hydrogen-bond donors (Lipinski definition) is 1. The van der Waals surface area contributed by atoms with E-state index in [0.29, 0.717) is 23.1 Å². The summed E-state index contributed by atoms with van der Waals surface area (Å²) in [5.41, 5.74) is 1.84. The number of imidazole rings is 1. The molecular formula is C21H23N7O2. The van der Waals surface area contributed by atoms with Crippen molar-refractivity contribution in [3.8, 4) is 17.3 Å². The molecule has 0 aliphatic rings. The van der Waals surface area contributed by atoms with Gasteiger partial charge in [0.05, 0.1) is 19.9 Å². The summed E-state index contributed by atoms with van der Waals surface area (Å²) < 4.78 is 14.5. The van der Waals surface area contributed by atoms with Crippen molar-refractivity contribution in [2.75, 3.05) is 19.5 Å². The van der Waals surface area contributed by atoms with Crippen molar-refractivity contribution in [1.82, 2.24) is 29.5 Å². The molecule has 0 spiro atoms. The number of ether oxygens (including phenoxy) is 2. The van der Waals surface area contributed by atoms with Crippen LogP contribution in [0.1, 0.15) is 23.1 Å². The lowest BCUT2D eigenvalue weighted by Crippen LogP contribution is -2.18. The Kier molecular flexibility index (Phi) is 5.34. The lowest BCUT2D eigenvalue weighted by atomic mass is 10.0. The maximum Gasteiger partial charge on any atom is 0.175 e. The molecule has 1 aromatic carbocycles. The molecule has 0 bridgehead atoms. The number of nitrogens with one attached hydrogen (secondary N) is 1. The van der Waals surface area contributed by atoms with Crippen LogP contribution < -0.4 is 14.8 Å². The first-order valence-corrected chi connectivity index (χ1v) is 9.40. The Labute approximate surface area is 174 Å². The van der Waals surface area contributed by atoms with E-state index in [4.69, 9.17) is 9.47 Å². The van der Waals surface area contributed by atoms with E-state index in [1.165, 1.54) is 0 Å². The second-order valence-electron chi connectivity index (χ2n) is 6.80. The van der Waals surface area contributed by atoms with Gasteiger partial charge in [-0.15, -0.1) is 10.2 Å². The lowest BCUT2D eigenvalue weighted by Gasteiger charge is -2.21. The van der Waals surface area contributed by atoms with Gasteiger partial charge in [-0.1, -0.05) is 0 Å². The maximum absolute atomic E-state index is 5.44. The van der Waals surface area contributed by atoms with E-state index in [9.17, 15) is 0 Å². The van der Waals surface area contributed by atoms with Crippen molar-refractivity contribution < 1.29 is 9.47 Å². The maximum atomic E-state index is 5.44. The monoisotopic (exact) mass is 405 g/mol. The molecule has 154 valence electrons. The molecular weight excluding hydrogens is 382 g/mol. The summed E-state index contributed by atoms with van der Waals surface area (Å²) in [6.45, 7) is 1.93. The zero-order valence-electron chi connectivity index (χ0n) is 17.3. The number of methoxy groups -OCH3 is 2. The molecule has 3 aromatic heterocycles. The summed E-state index contributed by atoms with van der Waals surface area (Å²) >= 11 is 0. The number of aromatic nitrogens is 6. The Bertz CT molecular complexity index is 1110. The number of anilines is 1. The van der Waals surface area contributed by atoms with E-state index in [1.807, 2.05) is 67.3 Å². The third-order valence-electron chi connectivity index (χ3n) is 4.72. The number of benzene rings is 1. The van der Waals surface area contributed by atoms with E-state index < -0.39 is 0 Å². The van der Waals surface area contributed by atoms with Gasteiger partial charge in [0.25, 0.3) is 0 Å². The molecule has 1 unspecified atom stereocenters. The van der Waals surface area contributed by atoms with Gasteiger partial charge in [0, 0.05) is 31.7 Å². The summed E-state index contributed by atoms with van der Waals surface area (Å²) in [6.07, 6.45) is 5.51. The zero-order chi connectivity index (χ0) is 21.1. The molecule has 1 atom stereocenters. The van der Waals surface area contributed by atoms with Gasteiger partial charge in [0.1, 0.15) is 29.2 Å². The Morgan fingerprint density at radius 1 is 0.967 bits per heavy atom. The van der Waals surface area contributed by atoms with Crippen LogP contribution in [0.4, 0.5) is 5.82 Å². The van der Waals surface area contributed by atoms with Crippen LogP contribution in [-0.4, -0.2) is 43.7 Å². The van der Waals surface area contributed by atoms with Crippen molar-refractivity contribution in [1.29, 1.82) is 0 Å². The van der Waals surface area contributed by atoms with Gasteiger partial charge in [-0.05, 0) is 42.8 Å². The fraction of sp³-hybridized carbons (Fsp3) is 0.238. The molecule has 4 rings (SSSR count). The van der Waals surface area contributed by atoms with Gasteiger partial charge in [0.15, 0.2) is 5.82 Å². The molecule has 0 aliphatic heterocycles. The summed E-state index contributed by atoms with van der Waals surface area (Å²) in [7, 11) is 5.20. The molecule has 1 N–H and O–H groups in total. The summed E-state index contributed by atoms with van der Waals surface area (Å²) in [4.78, 5) is 4.52. The molecule has 0 radical (unpaired) electrons. The Hall–Kier alpha value is -3.88. The third kappa shape index (κ3) is 3.95. The minimum Gasteiger partial charge on any atom is -0.497 e. The second-order valence-corrected chi connectivity index (χ2v) is 6.80. The molecule has 30 heavy (non-hydrogen) atoms. The average Bonchev–Trinajstić information content (AvgIpc) is 3.40. The van der Waals surface area contributed by atoms with Crippen LogP contribution in [0, 0.1) is 6.92 Å². The molecule has 4 aromatic rings. The summed E-state index contributed by atoms with van der Waals surface area (Å²) in [5, 5.41) is 16.4. The standard InChI is InChI=1S/C21H23N7O2/c1-14-7-9-28(26-14)19-6-5-18(24-25-19)23-20(21-22-8-10-27(21)2)15-11-16(29-3)13-17(12-15)30-4/h5-13,20H,1-4H3,(H,23,24). The number of aryl methyl sites for hydroxylation is 2. The predicted octanol–water partition coefficient (Wildman–Crippen LogP) is 2.92. The molecule has 9 nitrogen and oxygen atoms in total. The van der Waals surface area contributed by atoms with E-state index in [0.717, 1.165) is 17.1 Å². The molecule has 0 saturated carbocycles. The van der Waals surface area contributed by atoms with E-state index in [2.05, 4.69) is 25.6 Å². The Morgan fingerprint density at radius 3 is 2.27 bits per heavy atom. The highest BCUT2D eigenvalue weighted by atomic mass is 16.5. The normalized spacial score (nSPS) is 11.9. The van der Waals surface area contributed by atoms with Gasteiger partial charge in [-0.25, -0.2) is 9.67 Å². The van der Waals surface area contributed by atoms with Crippen molar-refractivity contribution in [3.05, 3.63) is 72.1 Å². The number of nitrogens with zero attached hydrogens (tertiary/aromatic N) is 6. The van der Waals surface area contributed by atoms with Gasteiger partial charge in [-0.3, -0.25) is 0 Å². The molecule has 3 heterocycles. The van der Waals surface area contributed by atoms with Crippen LogP contribution >= 0.6 is 0 Å². The molecule has 0 saturated heterocycles. The van der Waals surface area contributed by atoms with Crippen molar-refractivity contribution in [3.63, 3.8) is 0 Å². The largest absolute Gasteiger partial charge is 0.497 e. The van der Waals surface area contributed by atoms with Crippen LogP contribution in [0.15, 0.2) is 55.0 Å². The third-order valence-corrected chi connectivity index (χ3v) is 4.72. The van der Waals surface area contributed by atoms with Crippen molar-refractivity contribution >= 4 is 5.82 Å². The molecule has 9 heteroatoms. The first-order valence-electron chi connectivity index (χ1n) is 9.40. The average molecular weight is 405 g/mol. The van der Waals surface area contributed by atoms with Gasteiger partial charge in [0.2, 0.25) is 0 Å². The van der Waals surface area contributed by atoms with Crippen LogP contribution in [0.25, 0.3) is 5.82 Å². The quantitative estimate of drug-likeness (QED) is 0.505. The smallest absolute Gasteiger partial charge is 0.175 e. The van der Waals surface area contributed by atoms with Crippen LogP contribution in [0.5, 0.6) is 11.5 Å². The molecule has 0 amide bonds. The Morgan fingerprint density at radius 2 is 1.73 bits per heavy atom. The molecule has 0 fully saturated rings. The SMILES string of the molecule is COc1cc(OC)cc(C(Nc2ccc(-n3ccc(C)n3)nn2)c2nccn2C)c1.